The number of rotatable bonds is 4. The van der Waals surface area contributed by atoms with Crippen LogP contribution >= 0.6 is 0 Å². The van der Waals surface area contributed by atoms with Crippen LogP contribution in [0.1, 0.15) is 20.3 Å². The zero-order valence-corrected chi connectivity index (χ0v) is 10.9. The van der Waals surface area contributed by atoms with E-state index in [-0.39, 0.29) is 5.92 Å². The second-order valence-electron chi connectivity index (χ2n) is 5.33. The molecule has 4 nitrogen and oxygen atoms in total. The standard InChI is InChI=1S/C13H24N2O2/c1-3-17-9-12-8-15(7-10(12)2)13(16)11-4-5-14-6-11/h10-12,14H,3-9H2,1-2H3/t10-,11+,12-/m0/s1. The summed E-state index contributed by atoms with van der Waals surface area (Å²) in [5.41, 5.74) is 0. The summed E-state index contributed by atoms with van der Waals surface area (Å²) in [6.07, 6.45) is 1.000. The van der Waals surface area contributed by atoms with Crippen molar-refractivity contribution in [2.24, 2.45) is 17.8 Å². The Hall–Kier alpha value is -0.610. The van der Waals surface area contributed by atoms with Gasteiger partial charge in [0.2, 0.25) is 5.91 Å². The van der Waals surface area contributed by atoms with Crippen LogP contribution in [0.5, 0.6) is 0 Å². The molecule has 0 aliphatic carbocycles. The van der Waals surface area contributed by atoms with Crippen LogP contribution in [-0.4, -0.2) is 50.2 Å². The first-order valence-electron chi connectivity index (χ1n) is 6.79. The topological polar surface area (TPSA) is 41.6 Å². The van der Waals surface area contributed by atoms with Gasteiger partial charge in [0.25, 0.3) is 0 Å². The molecule has 2 saturated heterocycles. The van der Waals surface area contributed by atoms with Gasteiger partial charge in [0, 0.05) is 32.2 Å². The van der Waals surface area contributed by atoms with E-state index in [9.17, 15) is 4.79 Å². The molecule has 2 rings (SSSR count). The molecule has 17 heavy (non-hydrogen) atoms. The van der Waals surface area contributed by atoms with Gasteiger partial charge in [0.15, 0.2) is 0 Å². The third kappa shape index (κ3) is 2.99. The number of hydrogen-bond acceptors (Lipinski definition) is 3. The van der Waals surface area contributed by atoms with Crippen molar-refractivity contribution in [3.05, 3.63) is 0 Å². The molecule has 0 aromatic carbocycles. The molecule has 98 valence electrons. The van der Waals surface area contributed by atoms with E-state index in [1.54, 1.807) is 0 Å². The number of carbonyl (C=O) groups is 1. The Morgan fingerprint density at radius 3 is 2.94 bits per heavy atom. The first-order valence-corrected chi connectivity index (χ1v) is 6.79. The molecule has 0 radical (unpaired) electrons. The molecule has 0 bridgehead atoms. The number of amides is 1. The fraction of sp³-hybridized carbons (Fsp3) is 0.923. The van der Waals surface area contributed by atoms with E-state index in [1.807, 2.05) is 11.8 Å². The first-order chi connectivity index (χ1) is 8.22. The highest BCUT2D eigenvalue weighted by Crippen LogP contribution is 2.25. The lowest BCUT2D eigenvalue weighted by atomic mass is 9.99. The van der Waals surface area contributed by atoms with Gasteiger partial charge >= 0.3 is 0 Å². The Kier molecular flexibility index (Phi) is 4.40. The molecule has 0 aromatic rings. The van der Waals surface area contributed by atoms with Crippen LogP contribution in [-0.2, 0) is 9.53 Å². The minimum atomic E-state index is 0.216. The van der Waals surface area contributed by atoms with Crippen LogP contribution in [0.4, 0.5) is 0 Å². The van der Waals surface area contributed by atoms with Gasteiger partial charge in [-0.25, -0.2) is 0 Å². The number of nitrogens with one attached hydrogen (secondary N) is 1. The maximum absolute atomic E-state index is 12.3. The highest BCUT2D eigenvalue weighted by molar-refractivity contribution is 5.79. The summed E-state index contributed by atoms with van der Waals surface area (Å²) >= 11 is 0. The average molecular weight is 240 g/mol. The lowest BCUT2D eigenvalue weighted by Gasteiger charge is -2.20. The van der Waals surface area contributed by atoms with Gasteiger partial charge in [-0.3, -0.25) is 4.79 Å². The highest BCUT2D eigenvalue weighted by Gasteiger charge is 2.35. The fourth-order valence-corrected chi connectivity index (χ4v) is 2.82. The normalized spacial score (nSPS) is 33.3. The Balaban J connectivity index is 1.84. The zero-order chi connectivity index (χ0) is 12.3. The van der Waals surface area contributed by atoms with Crippen molar-refractivity contribution in [2.75, 3.05) is 39.4 Å². The minimum absolute atomic E-state index is 0.216. The van der Waals surface area contributed by atoms with Crippen molar-refractivity contribution in [3.8, 4) is 0 Å². The average Bonchev–Trinajstić information content (AvgIpc) is 2.95. The molecule has 1 N–H and O–H groups in total. The molecule has 0 aromatic heterocycles. The van der Waals surface area contributed by atoms with Gasteiger partial charge in [-0.1, -0.05) is 6.92 Å². The van der Waals surface area contributed by atoms with Crippen LogP contribution in [0, 0.1) is 17.8 Å². The largest absolute Gasteiger partial charge is 0.381 e. The van der Waals surface area contributed by atoms with E-state index in [0.29, 0.717) is 17.7 Å². The van der Waals surface area contributed by atoms with Gasteiger partial charge in [-0.2, -0.15) is 0 Å². The van der Waals surface area contributed by atoms with E-state index in [0.717, 1.165) is 45.8 Å². The van der Waals surface area contributed by atoms with E-state index in [2.05, 4.69) is 12.2 Å². The maximum Gasteiger partial charge on any atom is 0.227 e. The molecule has 2 aliphatic heterocycles. The van der Waals surface area contributed by atoms with Crippen molar-refractivity contribution in [3.63, 3.8) is 0 Å². The third-order valence-electron chi connectivity index (χ3n) is 4.03. The van der Waals surface area contributed by atoms with E-state index in [1.165, 1.54) is 0 Å². The van der Waals surface area contributed by atoms with Crippen molar-refractivity contribution >= 4 is 5.91 Å². The van der Waals surface area contributed by atoms with Crippen LogP contribution in [0.25, 0.3) is 0 Å². The molecule has 0 saturated carbocycles. The first kappa shape index (κ1) is 12.8. The van der Waals surface area contributed by atoms with Crippen molar-refractivity contribution in [1.29, 1.82) is 0 Å². The Labute approximate surface area is 104 Å². The van der Waals surface area contributed by atoms with Crippen LogP contribution < -0.4 is 5.32 Å². The quantitative estimate of drug-likeness (QED) is 0.787. The molecular weight excluding hydrogens is 216 g/mol. The van der Waals surface area contributed by atoms with Gasteiger partial charge in [-0.15, -0.1) is 0 Å². The Bertz CT molecular complexity index is 264. The van der Waals surface area contributed by atoms with Crippen LogP contribution in [0.3, 0.4) is 0 Å². The molecule has 2 aliphatic rings. The summed E-state index contributed by atoms with van der Waals surface area (Å²) < 4.78 is 5.49. The minimum Gasteiger partial charge on any atom is -0.381 e. The molecule has 2 fully saturated rings. The summed E-state index contributed by atoms with van der Waals surface area (Å²) in [6.45, 7) is 9.45. The van der Waals surface area contributed by atoms with Crippen LogP contribution in [0.15, 0.2) is 0 Å². The number of ether oxygens (including phenoxy) is 1. The summed E-state index contributed by atoms with van der Waals surface area (Å²) in [5, 5.41) is 3.26. The third-order valence-corrected chi connectivity index (χ3v) is 4.03. The van der Waals surface area contributed by atoms with Crippen molar-refractivity contribution in [2.45, 2.75) is 20.3 Å². The smallest absolute Gasteiger partial charge is 0.227 e. The summed E-state index contributed by atoms with van der Waals surface area (Å²) in [7, 11) is 0. The summed E-state index contributed by atoms with van der Waals surface area (Å²) in [4.78, 5) is 14.3. The molecule has 4 heteroatoms. The van der Waals surface area contributed by atoms with E-state index >= 15 is 0 Å². The van der Waals surface area contributed by atoms with Gasteiger partial charge in [0.05, 0.1) is 12.5 Å². The Morgan fingerprint density at radius 2 is 2.29 bits per heavy atom. The molecule has 3 atom stereocenters. The summed E-state index contributed by atoms with van der Waals surface area (Å²) in [6, 6.07) is 0. The van der Waals surface area contributed by atoms with E-state index in [4.69, 9.17) is 4.74 Å². The van der Waals surface area contributed by atoms with Crippen molar-refractivity contribution in [1.82, 2.24) is 10.2 Å². The summed E-state index contributed by atoms with van der Waals surface area (Å²) in [5.74, 6) is 1.65. The SMILES string of the molecule is CCOC[C@@H]1CN(C(=O)[C@@H]2CCNC2)C[C@@H]1C. The maximum atomic E-state index is 12.3. The molecule has 1 amide bonds. The predicted molar refractivity (Wildman–Crippen MR) is 66.7 cm³/mol. The lowest BCUT2D eigenvalue weighted by Crippen LogP contribution is -2.35. The number of carbonyl (C=O) groups excluding carboxylic acids is 1. The Morgan fingerprint density at radius 1 is 1.47 bits per heavy atom. The fourth-order valence-electron chi connectivity index (χ4n) is 2.82. The number of nitrogens with zero attached hydrogens (tertiary/aromatic N) is 1. The number of hydrogen-bond donors (Lipinski definition) is 1. The molecule has 2 heterocycles. The zero-order valence-electron chi connectivity index (χ0n) is 10.9. The van der Waals surface area contributed by atoms with Crippen molar-refractivity contribution < 1.29 is 9.53 Å². The predicted octanol–water partition coefficient (Wildman–Crippen LogP) is 0.727. The monoisotopic (exact) mass is 240 g/mol. The van der Waals surface area contributed by atoms with Gasteiger partial charge in [-0.05, 0) is 25.8 Å². The molecule has 0 spiro atoms. The molecular formula is C13H24N2O2. The lowest BCUT2D eigenvalue weighted by molar-refractivity contribution is -0.134. The number of likely N-dealkylation sites (tertiary alicyclic amines) is 1. The van der Waals surface area contributed by atoms with Crippen LogP contribution in [0.2, 0.25) is 0 Å². The second kappa shape index (κ2) is 5.83. The van der Waals surface area contributed by atoms with Gasteiger partial charge in [0.1, 0.15) is 0 Å². The second-order valence-corrected chi connectivity index (χ2v) is 5.33. The highest BCUT2D eigenvalue weighted by atomic mass is 16.5. The van der Waals surface area contributed by atoms with Gasteiger partial charge < -0.3 is 15.0 Å². The molecule has 0 unspecified atom stereocenters. The van der Waals surface area contributed by atoms with E-state index < -0.39 is 0 Å².